The molecule has 0 aliphatic heterocycles. The first-order chi connectivity index (χ1) is 8.54. The SMILES string of the molecule is COCCN(CC(=O)O)C(=O)c1cccc(=O)[nH]1. The van der Waals surface area contributed by atoms with E-state index in [0.29, 0.717) is 0 Å². The highest BCUT2D eigenvalue weighted by Crippen LogP contribution is 2.00. The molecule has 0 unspecified atom stereocenters. The molecule has 1 aromatic heterocycles. The number of carboxylic acids is 1. The highest BCUT2D eigenvalue weighted by molar-refractivity contribution is 5.94. The summed E-state index contributed by atoms with van der Waals surface area (Å²) in [5.41, 5.74) is -0.359. The van der Waals surface area contributed by atoms with E-state index >= 15 is 0 Å². The quantitative estimate of drug-likeness (QED) is 0.716. The Morgan fingerprint density at radius 2 is 2.17 bits per heavy atom. The van der Waals surface area contributed by atoms with E-state index in [9.17, 15) is 14.4 Å². The molecule has 0 aliphatic carbocycles. The standard InChI is InChI=1S/C11H14N2O5/c1-18-6-5-13(7-10(15)16)11(17)8-3-2-4-9(14)12-8/h2-4H,5-7H2,1H3,(H,12,14)(H,15,16). The van der Waals surface area contributed by atoms with E-state index in [-0.39, 0.29) is 18.8 Å². The molecule has 7 nitrogen and oxygen atoms in total. The van der Waals surface area contributed by atoms with Gasteiger partial charge in [-0.05, 0) is 6.07 Å². The van der Waals surface area contributed by atoms with Crippen molar-refractivity contribution in [2.75, 3.05) is 26.8 Å². The molecule has 0 fully saturated rings. The van der Waals surface area contributed by atoms with Crippen molar-refractivity contribution in [2.24, 2.45) is 0 Å². The van der Waals surface area contributed by atoms with Gasteiger partial charge in [-0.25, -0.2) is 0 Å². The average Bonchev–Trinajstić information content (AvgIpc) is 2.33. The van der Waals surface area contributed by atoms with Gasteiger partial charge >= 0.3 is 5.97 Å². The van der Waals surface area contributed by atoms with Crippen molar-refractivity contribution < 1.29 is 19.4 Å². The number of ether oxygens (including phenoxy) is 1. The molecule has 18 heavy (non-hydrogen) atoms. The van der Waals surface area contributed by atoms with Crippen LogP contribution in [0.25, 0.3) is 0 Å². The maximum atomic E-state index is 12.0. The smallest absolute Gasteiger partial charge is 0.323 e. The van der Waals surface area contributed by atoms with Crippen molar-refractivity contribution >= 4 is 11.9 Å². The predicted molar refractivity (Wildman–Crippen MR) is 62.5 cm³/mol. The second-order valence-electron chi connectivity index (χ2n) is 3.54. The zero-order valence-corrected chi connectivity index (χ0v) is 9.88. The van der Waals surface area contributed by atoms with Crippen LogP contribution in [0.3, 0.4) is 0 Å². The third kappa shape index (κ3) is 4.02. The number of methoxy groups -OCH3 is 1. The van der Waals surface area contributed by atoms with E-state index in [0.717, 1.165) is 4.90 Å². The van der Waals surface area contributed by atoms with E-state index in [4.69, 9.17) is 9.84 Å². The van der Waals surface area contributed by atoms with Crippen molar-refractivity contribution in [1.82, 2.24) is 9.88 Å². The zero-order chi connectivity index (χ0) is 13.5. The number of hydrogen-bond donors (Lipinski definition) is 2. The lowest BCUT2D eigenvalue weighted by Gasteiger charge is -2.19. The summed E-state index contributed by atoms with van der Waals surface area (Å²) in [5, 5.41) is 8.73. The Morgan fingerprint density at radius 3 is 2.72 bits per heavy atom. The minimum Gasteiger partial charge on any atom is -0.480 e. The number of nitrogens with one attached hydrogen (secondary N) is 1. The summed E-state index contributed by atoms with van der Waals surface area (Å²) in [7, 11) is 1.45. The molecule has 0 saturated carbocycles. The number of carbonyl (C=O) groups is 2. The van der Waals surface area contributed by atoms with Gasteiger partial charge in [0.1, 0.15) is 12.2 Å². The fourth-order valence-corrected chi connectivity index (χ4v) is 1.36. The molecule has 0 saturated heterocycles. The fourth-order valence-electron chi connectivity index (χ4n) is 1.36. The molecule has 0 atom stereocenters. The Balaban J connectivity index is 2.87. The van der Waals surface area contributed by atoms with Crippen LogP contribution in [0.4, 0.5) is 0 Å². The Labute approximate surface area is 103 Å². The first kappa shape index (κ1) is 13.9. The lowest BCUT2D eigenvalue weighted by atomic mass is 10.3. The van der Waals surface area contributed by atoms with Crippen LogP contribution in [0.2, 0.25) is 0 Å². The summed E-state index contributed by atoms with van der Waals surface area (Å²) in [5.74, 6) is -1.68. The van der Waals surface area contributed by atoms with Gasteiger partial charge in [0.15, 0.2) is 0 Å². The van der Waals surface area contributed by atoms with Crippen LogP contribution in [0.5, 0.6) is 0 Å². The summed E-state index contributed by atoms with van der Waals surface area (Å²) in [6.07, 6.45) is 0. The van der Waals surface area contributed by atoms with Crippen molar-refractivity contribution in [3.05, 3.63) is 34.2 Å². The fraction of sp³-hybridized carbons (Fsp3) is 0.364. The van der Waals surface area contributed by atoms with Gasteiger partial charge in [-0.2, -0.15) is 0 Å². The number of pyridine rings is 1. The maximum Gasteiger partial charge on any atom is 0.323 e. The molecule has 0 aromatic carbocycles. The second kappa shape index (κ2) is 6.55. The van der Waals surface area contributed by atoms with Crippen LogP contribution >= 0.6 is 0 Å². The minimum absolute atomic E-state index is 0.0554. The topological polar surface area (TPSA) is 99.7 Å². The van der Waals surface area contributed by atoms with Crippen LogP contribution in [0.1, 0.15) is 10.5 Å². The van der Waals surface area contributed by atoms with Gasteiger partial charge in [-0.3, -0.25) is 14.4 Å². The number of aliphatic carboxylic acids is 1. The Morgan fingerprint density at radius 1 is 1.44 bits per heavy atom. The molecule has 1 rings (SSSR count). The summed E-state index contributed by atoms with van der Waals surface area (Å²) in [6.45, 7) is -0.0895. The van der Waals surface area contributed by atoms with Crippen LogP contribution in [0.15, 0.2) is 23.0 Å². The van der Waals surface area contributed by atoms with Gasteiger partial charge in [0, 0.05) is 19.7 Å². The number of carbonyl (C=O) groups excluding carboxylic acids is 1. The van der Waals surface area contributed by atoms with E-state index in [1.54, 1.807) is 0 Å². The highest BCUT2D eigenvalue weighted by Gasteiger charge is 2.18. The van der Waals surface area contributed by atoms with Crippen molar-refractivity contribution in [2.45, 2.75) is 0 Å². The van der Waals surface area contributed by atoms with Crippen molar-refractivity contribution in [3.63, 3.8) is 0 Å². The van der Waals surface area contributed by atoms with E-state index in [1.165, 1.54) is 25.3 Å². The average molecular weight is 254 g/mol. The number of H-pyrrole nitrogens is 1. The number of hydrogen-bond acceptors (Lipinski definition) is 4. The molecule has 0 bridgehead atoms. The highest BCUT2D eigenvalue weighted by atomic mass is 16.5. The Hall–Kier alpha value is -2.15. The zero-order valence-electron chi connectivity index (χ0n) is 9.88. The first-order valence-electron chi connectivity index (χ1n) is 5.24. The number of aromatic nitrogens is 1. The molecule has 0 radical (unpaired) electrons. The molecule has 1 amide bonds. The molecule has 7 heteroatoms. The molecule has 1 heterocycles. The van der Waals surface area contributed by atoms with Gasteiger partial charge in [0.25, 0.3) is 5.91 Å². The molecule has 1 aromatic rings. The molecular formula is C11H14N2O5. The largest absolute Gasteiger partial charge is 0.480 e. The number of aromatic amines is 1. The van der Waals surface area contributed by atoms with E-state index < -0.39 is 24.0 Å². The number of amides is 1. The summed E-state index contributed by atoms with van der Waals surface area (Å²) < 4.78 is 4.80. The van der Waals surface area contributed by atoms with Gasteiger partial charge < -0.3 is 19.7 Å². The summed E-state index contributed by atoms with van der Waals surface area (Å²) in [4.78, 5) is 37.2. The van der Waals surface area contributed by atoms with Gasteiger partial charge in [0.05, 0.1) is 6.61 Å². The van der Waals surface area contributed by atoms with Crippen molar-refractivity contribution in [3.8, 4) is 0 Å². The van der Waals surface area contributed by atoms with Crippen LogP contribution in [-0.2, 0) is 9.53 Å². The predicted octanol–water partition coefficient (Wildman–Crippen LogP) is -0.452. The third-order valence-corrected chi connectivity index (χ3v) is 2.18. The molecule has 98 valence electrons. The van der Waals surface area contributed by atoms with Crippen LogP contribution in [-0.4, -0.2) is 53.7 Å². The van der Waals surface area contributed by atoms with Crippen LogP contribution in [0, 0.1) is 0 Å². The van der Waals surface area contributed by atoms with Crippen LogP contribution < -0.4 is 5.56 Å². The molecular weight excluding hydrogens is 240 g/mol. The Kier molecular flexibility index (Phi) is 5.06. The molecule has 2 N–H and O–H groups in total. The van der Waals surface area contributed by atoms with Gasteiger partial charge in [0.2, 0.25) is 5.56 Å². The minimum atomic E-state index is -1.13. The second-order valence-corrected chi connectivity index (χ2v) is 3.54. The Bertz CT molecular complexity index is 482. The molecule has 0 spiro atoms. The molecule has 0 aliphatic rings. The third-order valence-electron chi connectivity index (χ3n) is 2.18. The summed E-state index contributed by atoms with van der Waals surface area (Å²) >= 11 is 0. The van der Waals surface area contributed by atoms with Gasteiger partial charge in [-0.1, -0.05) is 6.07 Å². The van der Waals surface area contributed by atoms with Crippen molar-refractivity contribution in [1.29, 1.82) is 0 Å². The van der Waals surface area contributed by atoms with E-state index in [2.05, 4.69) is 4.98 Å². The summed E-state index contributed by atoms with van der Waals surface area (Å²) in [6, 6.07) is 4.13. The lowest BCUT2D eigenvalue weighted by Crippen LogP contribution is -2.38. The monoisotopic (exact) mass is 254 g/mol. The van der Waals surface area contributed by atoms with E-state index in [1.807, 2.05) is 0 Å². The number of carboxylic acid groups (broad SMARTS) is 1. The first-order valence-corrected chi connectivity index (χ1v) is 5.24. The maximum absolute atomic E-state index is 12.0. The number of nitrogens with zero attached hydrogens (tertiary/aromatic N) is 1. The lowest BCUT2D eigenvalue weighted by molar-refractivity contribution is -0.137. The normalized spacial score (nSPS) is 10.1. The van der Waals surface area contributed by atoms with Gasteiger partial charge in [-0.15, -0.1) is 0 Å². The number of rotatable bonds is 6.